The van der Waals surface area contributed by atoms with Crippen LogP contribution in [0.2, 0.25) is 10.0 Å². The first-order valence-electron chi connectivity index (χ1n) is 5.12. The Labute approximate surface area is 120 Å². The summed E-state index contributed by atoms with van der Waals surface area (Å²) in [5.41, 5.74) is 0.911. The van der Waals surface area contributed by atoms with Gasteiger partial charge in [0.15, 0.2) is 0 Å². The van der Waals surface area contributed by atoms with Crippen molar-refractivity contribution < 1.29 is 4.79 Å². The van der Waals surface area contributed by atoms with Gasteiger partial charge in [0.25, 0.3) is 5.91 Å². The van der Waals surface area contributed by atoms with Gasteiger partial charge in [-0.3, -0.25) is 4.79 Å². The zero-order valence-corrected chi connectivity index (χ0v) is 11.6. The first-order valence-corrected chi connectivity index (χ1v) is 6.32. The minimum Gasteiger partial charge on any atom is -0.321 e. The van der Waals surface area contributed by atoms with Crippen molar-refractivity contribution in [3.8, 4) is 0 Å². The van der Waals surface area contributed by atoms with Crippen molar-refractivity contribution in [3.63, 3.8) is 0 Å². The molecule has 0 saturated carbocycles. The highest BCUT2D eigenvalue weighted by Crippen LogP contribution is 2.24. The molecule has 0 radical (unpaired) electrons. The normalized spacial score (nSPS) is 10.2. The lowest BCUT2D eigenvalue weighted by atomic mass is 10.2. The van der Waals surface area contributed by atoms with Crippen molar-refractivity contribution in [2.45, 2.75) is 4.90 Å². The topological polar surface area (TPSA) is 29.1 Å². The number of anilines is 1. The Kier molecular flexibility index (Phi) is 4.17. The van der Waals surface area contributed by atoms with Crippen LogP contribution in [0.5, 0.6) is 0 Å². The quantitative estimate of drug-likeness (QED) is 0.783. The Hall–Kier alpha value is -1.16. The molecule has 0 aliphatic heterocycles. The molecule has 0 fully saturated rings. The van der Waals surface area contributed by atoms with Crippen LogP contribution in [-0.2, 0) is 0 Å². The second-order valence-electron chi connectivity index (χ2n) is 3.60. The molecule has 18 heavy (non-hydrogen) atoms. The molecule has 0 aliphatic carbocycles. The molecule has 0 unspecified atom stereocenters. The van der Waals surface area contributed by atoms with Crippen LogP contribution in [-0.4, -0.2) is 5.91 Å². The molecular formula is C13H9Cl2NOS. The average Bonchev–Trinajstić information content (AvgIpc) is 2.35. The number of benzene rings is 2. The molecule has 92 valence electrons. The van der Waals surface area contributed by atoms with Gasteiger partial charge >= 0.3 is 0 Å². The number of carbonyl (C=O) groups excluding carboxylic acids is 1. The largest absolute Gasteiger partial charge is 0.321 e. The molecular weight excluding hydrogens is 289 g/mol. The summed E-state index contributed by atoms with van der Waals surface area (Å²) in [4.78, 5) is 12.7. The molecule has 0 spiro atoms. The van der Waals surface area contributed by atoms with Gasteiger partial charge in [-0.1, -0.05) is 35.3 Å². The van der Waals surface area contributed by atoms with Crippen LogP contribution in [0, 0.1) is 0 Å². The predicted molar refractivity (Wildman–Crippen MR) is 78.1 cm³/mol. The lowest BCUT2D eigenvalue weighted by Crippen LogP contribution is -2.12. The number of halogens is 2. The van der Waals surface area contributed by atoms with Crippen molar-refractivity contribution in [2.75, 3.05) is 5.32 Å². The number of nitrogens with one attached hydrogen (secondary N) is 1. The zero-order chi connectivity index (χ0) is 13.1. The van der Waals surface area contributed by atoms with Gasteiger partial charge in [0.05, 0.1) is 21.3 Å². The minimum atomic E-state index is -0.316. The van der Waals surface area contributed by atoms with Gasteiger partial charge < -0.3 is 5.32 Å². The van der Waals surface area contributed by atoms with E-state index in [1.165, 1.54) is 0 Å². The fourth-order valence-electron chi connectivity index (χ4n) is 1.44. The smallest absolute Gasteiger partial charge is 0.257 e. The van der Waals surface area contributed by atoms with E-state index in [4.69, 9.17) is 23.2 Å². The third-order valence-electron chi connectivity index (χ3n) is 2.32. The molecule has 5 heteroatoms. The fourth-order valence-corrected chi connectivity index (χ4v) is 2.03. The molecule has 0 atom stereocenters. The van der Waals surface area contributed by atoms with E-state index in [-0.39, 0.29) is 5.91 Å². The van der Waals surface area contributed by atoms with Crippen LogP contribution in [0.15, 0.2) is 47.4 Å². The standard InChI is InChI=1S/C13H9Cl2NOS/c14-10-6-5-8(18)7-9(10)13(17)16-12-4-2-1-3-11(12)15/h1-7,18H,(H,16,17). The van der Waals surface area contributed by atoms with Gasteiger partial charge in [-0.2, -0.15) is 0 Å². The first kappa shape index (κ1) is 13.3. The van der Waals surface area contributed by atoms with E-state index in [1.807, 2.05) is 0 Å². The van der Waals surface area contributed by atoms with E-state index >= 15 is 0 Å². The summed E-state index contributed by atoms with van der Waals surface area (Å²) in [5, 5.41) is 3.55. The maximum absolute atomic E-state index is 12.1. The molecule has 0 aliphatic rings. The van der Waals surface area contributed by atoms with Crippen LogP contribution >= 0.6 is 35.8 Å². The Balaban J connectivity index is 2.28. The van der Waals surface area contributed by atoms with Gasteiger partial charge in [0, 0.05) is 4.90 Å². The summed E-state index contributed by atoms with van der Waals surface area (Å²) in [7, 11) is 0. The summed E-state index contributed by atoms with van der Waals surface area (Å²) >= 11 is 16.1. The molecule has 0 aromatic heterocycles. The average molecular weight is 298 g/mol. The Morgan fingerprint density at radius 3 is 2.50 bits per heavy atom. The molecule has 0 heterocycles. The second-order valence-corrected chi connectivity index (χ2v) is 4.93. The van der Waals surface area contributed by atoms with E-state index in [2.05, 4.69) is 17.9 Å². The molecule has 0 bridgehead atoms. The van der Waals surface area contributed by atoms with Crippen LogP contribution in [0.4, 0.5) is 5.69 Å². The molecule has 2 rings (SSSR count). The fraction of sp³-hybridized carbons (Fsp3) is 0. The van der Waals surface area contributed by atoms with Crippen molar-refractivity contribution in [3.05, 3.63) is 58.1 Å². The van der Waals surface area contributed by atoms with Crippen molar-refractivity contribution >= 4 is 47.4 Å². The van der Waals surface area contributed by atoms with Crippen LogP contribution in [0.1, 0.15) is 10.4 Å². The van der Waals surface area contributed by atoms with Gasteiger partial charge in [-0.05, 0) is 30.3 Å². The Morgan fingerprint density at radius 2 is 1.78 bits per heavy atom. The summed E-state index contributed by atoms with van der Waals surface area (Å²) < 4.78 is 0. The zero-order valence-electron chi connectivity index (χ0n) is 9.15. The van der Waals surface area contributed by atoms with Gasteiger partial charge in [0.1, 0.15) is 0 Å². The third kappa shape index (κ3) is 2.99. The molecule has 2 nitrogen and oxygen atoms in total. The van der Waals surface area contributed by atoms with Crippen LogP contribution in [0.25, 0.3) is 0 Å². The van der Waals surface area contributed by atoms with E-state index in [0.717, 1.165) is 0 Å². The number of amides is 1. The van der Waals surface area contributed by atoms with Crippen LogP contribution in [0.3, 0.4) is 0 Å². The Bertz CT molecular complexity index is 601. The number of hydrogen-bond acceptors (Lipinski definition) is 2. The van der Waals surface area contributed by atoms with Crippen molar-refractivity contribution in [1.82, 2.24) is 0 Å². The first-order chi connectivity index (χ1) is 8.58. The van der Waals surface area contributed by atoms with Crippen LogP contribution < -0.4 is 5.32 Å². The van der Waals surface area contributed by atoms with Gasteiger partial charge in [-0.15, -0.1) is 12.6 Å². The Morgan fingerprint density at radius 1 is 1.06 bits per heavy atom. The van der Waals surface area contributed by atoms with Gasteiger partial charge in [0.2, 0.25) is 0 Å². The highest BCUT2D eigenvalue weighted by atomic mass is 35.5. The van der Waals surface area contributed by atoms with Crippen molar-refractivity contribution in [1.29, 1.82) is 0 Å². The van der Waals surface area contributed by atoms with Gasteiger partial charge in [-0.25, -0.2) is 0 Å². The molecule has 0 saturated heterocycles. The van der Waals surface area contributed by atoms with E-state index in [0.29, 0.717) is 26.2 Å². The highest BCUT2D eigenvalue weighted by molar-refractivity contribution is 7.80. The number of hydrogen-bond donors (Lipinski definition) is 2. The summed E-state index contributed by atoms with van der Waals surface area (Å²) in [6, 6.07) is 12.0. The van der Waals surface area contributed by atoms with E-state index in [9.17, 15) is 4.79 Å². The summed E-state index contributed by atoms with van der Waals surface area (Å²) in [6.45, 7) is 0. The lowest BCUT2D eigenvalue weighted by molar-refractivity contribution is 0.102. The minimum absolute atomic E-state index is 0.316. The van der Waals surface area contributed by atoms with Crippen molar-refractivity contribution in [2.24, 2.45) is 0 Å². The highest BCUT2D eigenvalue weighted by Gasteiger charge is 2.12. The lowest BCUT2D eigenvalue weighted by Gasteiger charge is -2.08. The maximum atomic E-state index is 12.1. The molecule has 1 amide bonds. The molecule has 2 aromatic rings. The van der Waals surface area contributed by atoms with E-state index < -0.39 is 0 Å². The third-order valence-corrected chi connectivity index (χ3v) is 3.25. The molecule has 2 aromatic carbocycles. The molecule has 1 N–H and O–H groups in total. The summed E-state index contributed by atoms with van der Waals surface area (Å²) in [5.74, 6) is -0.316. The SMILES string of the molecule is O=C(Nc1ccccc1Cl)c1cc(S)ccc1Cl. The monoisotopic (exact) mass is 297 g/mol. The number of thiol groups is 1. The predicted octanol–water partition coefficient (Wildman–Crippen LogP) is 4.53. The maximum Gasteiger partial charge on any atom is 0.257 e. The number of para-hydroxylation sites is 1. The number of rotatable bonds is 2. The van der Waals surface area contributed by atoms with E-state index in [1.54, 1.807) is 42.5 Å². The number of carbonyl (C=O) groups is 1. The summed E-state index contributed by atoms with van der Waals surface area (Å²) in [6.07, 6.45) is 0. The second kappa shape index (κ2) is 5.65.